The first-order chi connectivity index (χ1) is 9.06. The quantitative estimate of drug-likeness (QED) is 0.607. The number of rotatable bonds is 5. The van der Waals surface area contributed by atoms with Gasteiger partial charge in [-0.25, -0.2) is 9.18 Å². The minimum Gasteiger partial charge on any atom is -0.464 e. The molecule has 0 bridgehead atoms. The summed E-state index contributed by atoms with van der Waals surface area (Å²) >= 11 is 0. The van der Waals surface area contributed by atoms with Crippen molar-refractivity contribution < 1.29 is 18.7 Å². The third kappa shape index (κ3) is 1.94. The zero-order valence-corrected chi connectivity index (χ0v) is 11.5. The van der Waals surface area contributed by atoms with E-state index in [1.165, 1.54) is 12.1 Å². The predicted octanol–water partition coefficient (Wildman–Crippen LogP) is 3.17. The van der Waals surface area contributed by atoms with Gasteiger partial charge in [0, 0.05) is 0 Å². The van der Waals surface area contributed by atoms with Crippen LogP contribution in [0.3, 0.4) is 0 Å². The van der Waals surface area contributed by atoms with Crippen LogP contribution in [0.5, 0.6) is 0 Å². The molecule has 0 aromatic heterocycles. The smallest absolute Gasteiger partial charge is 0.341 e. The maximum absolute atomic E-state index is 13.4. The largest absolute Gasteiger partial charge is 0.464 e. The second kappa shape index (κ2) is 4.93. The van der Waals surface area contributed by atoms with Gasteiger partial charge in [0.1, 0.15) is 11.4 Å². The Morgan fingerprint density at radius 1 is 1.32 bits per heavy atom. The fourth-order valence-corrected chi connectivity index (χ4v) is 2.82. The van der Waals surface area contributed by atoms with Crippen molar-refractivity contribution >= 4 is 5.97 Å². The van der Waals surface area contributed by atoms with E-state index < -0.39 is 11.2 Å². The molecule has 1 heterocycles. The lowest BCUT2D eigenvalue weighted by Gasteiger charge is -2.17. The molecule has 3 nitrogen and oxygen atoms in total. The van der Waals surface area contributed by atoms with Crippen LogP contribution in [0.4, 0.5) is 4.39 Å². The van der Waals surface area contributed by atoms with Gasteiger partial charge < -0.3 is 9.47 Å². The van der Waals surface area contributed by atoms with Crippen molar-refractivity contribution in [2.45, 2.75) is 44.8 Å². The van der Waals surface area contributed by atoms with E-state index >= 15 is 0 Å². The highest BCUT2D eigenvalue weighted by atomic mass is 19.1. The first-order valence-electron chi connectivity index (χ1n) is 6.69. The molecular weight excluding hydrogens is 247 g/mol. The van der Waals surface area contributed by atoms with E-state index in [4.69, 9.17) is 9.47 Å². The van der Waals surface area contributed by atoms with Gasteiger partial charge >= 0.3 is 5.97 Å². The number of carbonyl (C=O) groups is 1. The molecule has 1 aliphatic rings. The zero-order chi connectivity index (χ0) is 14.1. The van der Waals surface area contributed by atoms with Gasteiger partial charge in [-0.05, 0) is 37.5 Å². The van der Waals surface area contributed by atoms with Gasteiger partial charge in [-0.3, -0.25) is 0 Å². The molecule has 2 unspecified atom stereocenters. The van der Waals surface area contributed by atoms with Gasteiger partial charge in [0.25, 0.3) is 0 Å². The van der Waals surface area contributed by atoms with Gasteiger partial charge in [0.05, 0.1) is 6.61 Å². The first-order valence-corrected chi connectivity index (χ1v) is 6.69. The lowest BCUT2D eigenvalue weighted by atomic mass is 9.82. The summed E-state index contributed by atoms with van der Waals surface area (Å²) in [5.74, 6) is -0.682. The van der Waals surface area contributed by atoms with Crippen molar-refractivity contribution in [2.75, 3.05) is 6.61 Å². The Kier molecular flexibility index (Phi) is 3.63. The second-order valence-corrected chi connectivity index (χ2v) is 4.69. The number of hydrogen-bond acceptors (Lipinski definition) is 3. The molecule has 104 valence electrons. The topological polar surface area (TPSA) is 38.8 Å². The maximum Gasteiger partial charge on any atom is 0.341 e. The molecule has 19 heavy (non-hydrogen) atoms. The third-order valence-corrected chi connectivity index (χ3v) is 3.85. The van der Waals surface area contributed by atoms with Crippen LogP contribution in [0.1, 0.15) is 39.2 Å². The Labute approximate surface area is 112 Å². The SMILES string of the molecule is CCOC(=O)C1(CC)OC1(CC)c1cccc(F)c1. The van der Waals surface area contributed by atoms with E-state index in [2.05, 4.69) is 0 Å². The molecule has 1 aliphatic heterocycles. The number of hydrogen-bond donors (Lipinski definition) is 0. The number of carbonyl (C=O) groups excluding carboxylic acids is 1. The number of halogens is 1. The standard InChI is InChI=1S/C15H19FO3/c1-4-14(11-8-7-9-12(16)10-11)15(5-2,19-14)13(17)18-6-3/h7-10H,4-6H2,1-3H3. The predicted molar refractivity (Wildman–Crippen MR) is 69.1 cm³/mol. The van der Waals surface area contributed by atoms with Crippen LogP contribution in [0.15, 0.2) is 24.3 Å². The minimum absolute atomic E-state index is 0.312. The third-order valence-electron chi connectivity index (χ3n) is 3.85. The molecular formula is C15H19FO3. The molecule has 0 spiro atoms. The number of benzene rings is 1. The lowest BCUT2D eigenvalue weighted by molar-refractivity contribution is -0.149. The Morgan fingerprint density at radius 2 is 2.05 bits per heavy atom. The average molecular weight is 266 g/mol. The highest BCUT2D eigenvalue weighted by Gasteiger charge is 2.74. The summed E-state index contributed by atoms with van der Waals surface area (Å²) in [4.78, 5) is 12.2. The Bertz CT molecular complexity index is 488. The van der Waals surface area contributed by atoms with Crippen LogP contribution < -0.4 is 0 Å². The molecule has 4 heteroatoms. The van der Waals surface area contributed by atoms with Crippen molar-refractivity contribution in [3.05, 3.63) is 35.6 Å². The fourth-order valence-electron chi connectivity index (χ4n) is 2.82. The van der Waals surface area contributed by atoms with Crippen molar-refractivity contribution in [1.29, 1.82) is 0 Å². The normalized spacial score (nSPS) is 29.1. The minimum atomic E-state index is -0.967. The monoisotopic (exact) mass is 266 g/mol. The van der Waals surface area contributed by atoms with E-state index in [1.807, 2.05) is 13.8 Å². The summed E-state index contributed by atoms with van der Waals surface area (Å²) in [5, 5.41) is 0. The number of esters is 1. The van der Waals surface area contributed by atoms with Gasteiger partial charge in [-0.2, -0.15) is 0 Å². The van der Waals surface area contributed by atoms with Crippen LogP contribution in [0.2, 0.25) is 0 Å². The second-order valence-electron chi connectivity index (χ2n) is 4.69. The van der Waals surface area contributed by atoms with Crippen molar-refractivity contribution in [2.24, 2.45) is 0 Å². The summed E-state index contributed by atoms with van der Waals surface area (Å²) in [5.41, 5.74) is -1.02. The summed E-state index contributed by atoms with van der Waals surface area (Å²) in [7, 11) is 0. The fraction of sp³-hybridized carbons (Fsp3) is 0.533. The molecule has 2 atom stereocenters. The molecule has 1 aromatic rings. The van der Waals surface area contributed by atoms with Crippen molar-refractivity contribution in [3.8, 4) is 0 Å². The van der Waals surface area contributed by atoms with Crippen LogP contribution in [-0.4, -0.2) is 18.2 Å². The average Bonchev–Trinajstić information content (AvgIpc) is 3.10. The van der Waals surface area contributed by atoms with Crippen LogP contribution in [0, 0.1) is 5.82 Å². The first kappa shape index (κ1) is 14.0. The Balaban J connectivity index is 2.39. The van der Waals surface area contributed by atoms with Gasteiger partial charge in [0.2, 0.25) is 0 Å². The molecule has 0 aliphatic carbocycles. The highest BCUT2D eigenvalue weighted by Crippen LogP contribution is 2.60. The summed E-state index contributed by atoms with van der Waals surface area (Å²) in [6, 6.07) is 6.24. The molecule has 2 rings (SSSR count). The highest BCUT2D eigenvalue weighted by molar-refractivity contribution is 5.85. The van der Waals surface area contributed by atoms with E-state index in [0.717, 1.165) is 0 Å². The molecule has 0 N–H and O–H groups in total. The van der Waals surface area contributed by atoms with Gasteiger partial charge in [-0.15, -0.1) is 0 Å². The molecule has 1 saturated heterocycles. The van der Waals surface area contributed by atoms with Crippen molar-refractivity contribution in [3.63, 3.8) is 0 Å². The summed E-state index contributed by atoms with van der Waals surface area (Å²) in [6.45, 7) is 5.89. The summed E-state index contributed by atoms with van der Waals surface area (Å²) in [6.07, 6.45) is 1.11. The van der Waals surface area contributed by atoms with E-state index in [-0.39, 0.29) is 11.8 Å². The molecule has 0 amide bonds. The molecule has 0 radical (unpaired) electrons. The van der Waals surface area contributed by atoms with Crippen LogP contribution in [0.25, 0.3) is 0 Å². The van der Waals surface area contributed by atoms with E-state index in [9.17, 15) is 9.18 Å². The molecule has 1 fully saturated rings. The van der Waals surface area contributed by atoms with Crippen molar-refractivity contribution in [1.82, 2.24) is 0 Å². The summed E-state index contributed by atoms with van der Waals surface area (Å²) < 4.78 is 24.3. The van der Waals surface area contributed by atoms with E-state index in [0.29, 0.717) is 25.0 Å². The lowest BCUT2D eigenvalue weighted by Crippen LogP contribution is -2.34. The Morgan fingerprint density at radius 3 is 2.58 bits per heavy atom. The van der Waals surface area contributed by atoms with Crippen LogP contribution >= 0.6 is 0 Å². The van der Waals surface area contributed by atoms with Gasteiger partial charge in [-0.1, -0.05) is 26.0 Å². The van der Waals surface area contributed by atoms with Crippen LogP contribution in [-0.2, 0) is 19.9 Å². The number of epoxide rings is 1. The molecule has 0 saturated carbocycles. The van der Waals surface area contributed by atoms with E-state index in [1.54, 1.807) is 19.1 Å². The zero-order valence-electron chi connectivity index (χ0n) is 11.5. The number of ether oxygens (including phenoxy) is 2. The molecule has 1 aromatic carbocycles. The van der Waals surface area contributed by atoms with Gasteiger partial charge in [0.15, 0.2) is 5.60 Å². The Hall–Kier alpha value is -1.42. The maximum atomic E-state index is 13.4.